The van der Waals surface area contributed by atoms with Gasteiger partial charge in [-0.1, -0.05) is 35.0 Å². The molecule has 0 bridgehead atoms. The highest BCUT2D eigenvalue weighted by Crippen LogP contribution is 2.23. The van der Waals surface area contributed by atoms with Gasteiger partial charge in [0.05, 0.1) is 11.3 Å². The molecule has 2 amide bonds. The maximum absolute atomic E-state index is 12.9. The molecular formula is C20H21BrN2O2. The average Bonchev–Trinajstić information content (AvgIpc) is 2.62. The summed E-state index contributed by atoms with van der Waals surface area (Å²) in [6.45, 7) is 3.71. The van der Waals surface area contributed by atoms with E-state index in [1.807, 2.05) is 29.2 Å². The van der Waals surface area contributed by atoms with Crippen LogP contribution in [-0.4, -0.2) is 29.8 Å². The molecule has 4 nitrogen and oxygen atoms in total. The third-order valence-electron chi connectivity index (χ3n) is 4.46. The second kappa shape index (κ2) is 7.83. The fraction of sp³-hybridized carbons (Fsp3) is 0.300. The van der Waals surface area contributed by atoms with Crippen molar-refractivity contribution < 1.29 is 9.59 Å². The average molecular weight is 401 g/mol. The summed E-state index contributed by atoms with van der Waals surface area (Å²) in [5.74, 6) is 0.278. The van der Waals surface area contributed by atoms with Crippen LogP contribution in [-0.2, 0) is 0 Å². The smallest absolute Gasteiger partial charge is 0.255 e. The van der Waals surface area contributed by atoms with Gasteiger partial charge in [0.25, 0.3) is 11.8 Å². The first-order chi connectivity index (χ1) is 12.0. The lowest BCUT2D eigenvalue weighted by Crippen LogP contribution is -2.39. The Morgan fingerprint density at radius 3 is 2.56 bits per heavy atom. The molecule has 0 aliphatic carbocycles. The lowest BCUT2D eigenvalue weighted by Gasteiger charge is -2.31. The van der Waals surface area contributed by atoms with Gasteiger partial charge in [-0.3, -0.25) is 9.59 Å². The van der Waals surface area contributed by atoms with Crippen molar-refractivity contribution in [3.63, 3.8) is 0 Å². The molecule has 25 heavy (non-hydrogen) atoms. The molecule has 3 rings (SSSR count). The first kappa shape index (κ1) is 17.7. The van der Waals surface area contributed by atoms with Gasteiger partial charge in [0.15, 0.2) is 0 Å². The molecule has 1 saturated heterocycles. The summed E-state index contributed by atoms with van der Waals surface area (Å²) >= 11 is 3.36. The number of anilines is 1. The third-order valence-corrected chi connectivity index (χ3v) is 4.98. The van der Waals surface area contributed by atoms with Gasteiger partial charge in [0, 0.05) is 23.1 Å². The van der Waals surface area contributed by atoms with Gasteiger partial charge in [-0.25, -0.2) is 0 Å². The Morgan fingerprint density at radius 1 is 1.12 bits per heavy atom. The van der Waals surface area contributed by atoms with E-state index in [9.17, 15) is 9.59 Å². The fourth-order valence-corrected chi connectivity index (χ4v) is 3.38. The van der Waals surface area contributed by atoms with Gasteiger partial charge >= 0.3 is 0 Å². The number of carbonyl (C=O) groups excluding carboxylic acids is 2. The molecule has 1 heterocycles. The second-order valence-electron chi connectivity index (χ2n) is 6.51. The van der Waals surface area contributed by atoms with E-state index in [4.69, 9.17) is 0 Å². The van der Waals surface area contributed by atoms with E-state index in [0.717, 1.165) is 30.4 Å². The number of para-hydroxylation sites is 1. The summed E-state index contributed by atoms with van der Waals surface area (Å²) in [6.07, 6.45) is 2.19. The number of nitrogens with zero attached hydrogens (tertiary/aromatic N) is 1. The molecule has 130 valence electrons. The third kappa shape index (κ3) is 4.28. The fourth-order valence-electron chi connectivity index (χ4n) is 3.12. The molecule has 0 spiro atoms. The summed E-state index contributed by atoms with van der Waals surface area (Å²) in [6, 6.07) is 14.3. The molecule has 2 aromatic carbocycles. The monoisotopic (exact) mass is 400 g/mol. The van der Waals surface area contributed by atoms with Crippen LogP contribution in [0.25, 0.3) is 0 Å². The number of nitrogens with one attached hydrogen (secondary N) is 1. The van der Waals surface area contributed by atoms with Crippen LogP contribution >= 0.6 is 15.9 Å². The minimum absolute atomic E-state index is 0.0155. The van der Waals surface area contributed by atoms with Crippen molar-refractivity contribution in [1.29, 1.82) is 0 Å². The lowest BCUT2D eigenvalue weighted by atomic mass is 9.99. The number of carbonyl (C=O) groups is 2. The van der Waals surface area contributed by atoms with E-state index in [-0.39, 0.29) is 11.8 Å². The Kier molecular flexibility index (Phi) is 5.53. The Labute approximate surface area is 156 Å². The normalized spacial score (nSPS) is 17.2. The van der Waals surface area contributed by atoms with Crippen LogP contribution in [0.5, 0.6) is 0 Å². The second-order valence-corrected chi connectivity index (χ2v) is 7.42. The van der Waals surface area contributed by atoms with Crippen molar-refractivity contribution in [1.82, 2.24) is 4.90 Å². The minimum Gasteiger partial charge on any atom is -0.338 e. The van der Waals surface area contributed by atoms with Crippen LogP contribution in [0.1, 0.15) is 40.5 Å². The Hall–Kier alpha value is -2.14. The van der Waals surface area contributed by atoms with E-state index in [2.05, 4.69) is 28.2 Å². The molecule has 2 aromatic rings. The van der Waals surface area contributed by atoms with Crippen molar-refractivity contribution in [3.8, 4) is 0 Å². The predicted molar refractivity (Wildman–Crippen MR) is 103 cm³/mol. The number of hydrogen-bond donors (Lipinski definition) is 1. The van der Waals surface area contributed by atoms with Gasteiger partial charge in [0.1, 0.15) is 0 Å². The number of rotatable bonds is 3. The van der Waals surface area contributed by atoms with Crippen LogP contribution in [0.2, 0.25) is 0 Å². The standard InChI is InChI=1S/C20H21BrN2O2/c1-14-5-4-12-23(13-14)20(25)17-6-2-3-7-18(17)22-19(24)15-8-10-16(21)11-9-15/h2-3,6-11,14H,4-5,12-13H2,1H3,(H,22,24)/t14-/m0/s1. The SMILES string of the molecule is C[C@H]1CCCN(C(=O)c2ccccc2NC(=O)c2ccc(Br)cc2)C1. The van der Waals surface area contributed by atoms with E-state index >= 15 is 0 Å². The molecule has 0 aromatic heterocycles. The molecular weight excluding hydrogens is 380 g/mol. The Morgan fingerprint density at radius 2 is 1.84 bits per heavy atom. The summed E-state index contributed by atoms with van der Waals surface area (Å²) in [4.78, 5) is 27.3. The molecule has 5 heteroatoms. The molecule has 0 saturated carbocycles. The predicted octanol–water partition coefficient (Wildman–Crippen LogP) is 4.57. The van der Waals surface area contributed by atoms with Crippen LogP contribution in [0, 0.1) is 5.92 Å². The minimum atomic E-state index is -0.222. The highest BCUT2D eigenvalue weighted by Gasteiger charge is 2.24. The first-order valence-corrected chi connectivity index (χ1v) is 9.29. The molecule has 1 aliphatic rings. The number of halogens is 1. The molecule has 0 radical (unpaired) electrons. The number of hydrogen-bond acceptors (Lipinski definition) is 2. The zero-order chi connectivity index (χ0) is 17.8. The van der Waals surface area contributed by atoms with Crippen molar-refractivity contribution in [2.45, 2.75) is 19.8 Å². The number of piperidine rings is 1. The summed E-state index contributed by atoms with van der Waals surface area (Å²) < 4.78 is 0.916. The van der Waals surface area contributed by atoms with Crippen molar-refractivity contribution in [3.05, 3.63) is 64.1 Å². The number of benzene rings is 2. The maximum Gasteiger partial charge on any atom is 0.255 e. The van der Waals surface area contributed by atoms with Crippen molar-refractivity contribution in [2.24, 2.45) is 5.92 Å². The molecule has 1 fully saturated rings. The van der Waals surface area contributed by atoms with E-state index < -0.39 is 0 Å². The number of amides is 2. The van der Waals surface area contributed by atoms with Gasteiger partial charge < -0.3 is 10.2 Å². The molecule has 0 unspecified atom stereocenters. The summed E-state index contributed by atoms with van der Waals surface area (Å²) in [7, 11) is 0. The van der Waals surface area contributed by atoms with Gasteiger partial charge in [-0.05, 0) is 55.2 Å². The largest absolute Gasteiger partial charge is 0.338 e. The summed E-state index contributed by atoms with van der Waals surface area (Å²) in [5.41, 5.74) is 1.65. The molecule has 1 atom stereocenters. The molecule has 1 aliphatic heterocycles. The van der Waals surface area contributed by atoms with Crippen LogP contribution in [0.15, 0.2) is 53.0 Å². The first-order valence-electron chi connectivity index (χ1n) is 8.50. The number of likely N-dealkylation sites (tertiary alicyclic amines) is 1. The topological polar surface area (TPSA) is 49.4 Å². The van der Waals surface area contributed by atoms with E-state index in [1.54, 1.807) is 24.3 Å². The highest BCUT2D eigenvalue weighted by molar-refractivity contribution is 9.10. The van der Waals surface area contributed by atoms with E-state index in [0.29, 0.717) is 22.7 Å². The van der Waals surface area contributed by atoms with Crippen LogP contribution < -0.4 is 5.32 Å². The van der Waals surface area contributed by atoms with Crippen LogP contribution in [0.3, 0.4) is 0 Å². The zero-order valence-corrected chi connectivity index (χ0v) is 15.8. The van der Waals surface area contributed by atoms with Gasteiger partial charge in [0.2, 0.25) is 0 Å². The lowest BCUT2D eigenvalue weighted by molar-refractivity contribution is 0.0684. The van der Waals surface area contributed by atoms with Gasteiger partial charge in [-0.15, -0.1) is 0 Å². The van der Waals surface area contributed by atoms with Crippen LogP contribution in [0.4, 0.5) is 5.69 Å². The molecule has 1 N–H and O–H groups in total. The Balaban J connectivity index is 1.79. The van der Waals surface area contributed by atoms with Crippen molar-refractivity contribution >= 4 is 33.4 Å². The van der Waals surface area contributed by atoms with Crippen molar-refractivity contribution in [2.75, 3.05) is 18.4 Å². The zero-order valence-electron chi connectivity index (χ0n) is 14.2. The maximum atomic E-state index is 12.9. The Bertz CT molecular complexity index is 774. The van der Waals surface area contributed by atoms with Gasteiger partial charge in [-0.2, -0.15) is 0 Å². The van der Waals surface area contributed by atoms with E-state index in [1.165, 1.54) is 0 Å². The summed E-state index contributed by atoms with van der Waals surface area (Å²) in [5, 5.41) is 2.88. The highest BCUT2D eigenvalue weighted by atomic mass is 79.9. The quantitative estimate of drug-likeness (QED) is 0.819.